The molecule has 0 spiro atoms. The lowest BCUT2D eigenvalue weighted by Crippen LogP contribution is -2.01. The zero-order valence-corrected chi connectivity index (χ0v) is 11.7. The Morgan fingerprint density at radius 2 is 2.00 bits per heavy atom. The molecule has 0 saturated carbocycles. The Morgan fingerprint density at radius 3 is 2.65 bits per heavy atom. The van der Waals surface area contributed by atoms with Crippen LogP contribution in [0.1, 0.15) is 5.56 Å². The molecule has 7 heteroatoms. The summed E-state index contributed by atoms with van der Waals surface area (Å²) in [5.41, 5.74) is 1.58. The predicted octanol–water partition coefficient (Wildman–Crippen LogP) is 3.74. The fourth-order valence-electron chi connectivity index (χ4n) is 1.69. The van der Waals surface area contributed by atoms with Gasteiger partial charge in [-0.25, -0.2) is 4.98 Å². The molecule has 0 fully saturated rings. The molecule has 6 nitrogen and oxygen atoms in total. The molecule has 0 amide bonds. The van der Waals surface area contributed by atoms with Crippen molar-refractivity contribution < 1.29 is 4.92 Å². The molecule has 2 rings (SSSR count). The Labute approximate surface area is 120 Å². The molecular weight excluding hydrogens is 280 g/mol. The second-order valence-corrected chi connectivity index (χ2v) is 4.55. The molecule has 0 unspecified atom stereocenters. The number of hydrogen-bond acceptors (Lipinski definition) is 5. The second kappa shape index (κ2) is 5.75. The van der Waals surface area contributed by atoms with E-state index in [1.807, 2.05) is 13.0 Å². The molecule has 1 heterocycles. The maximum atomic E-state index is 10.9. The second-order valence-electron chi connectivity index (χ2n) is 4.14. The molecule has 0 aliphatic carbocycles. The molecule has 2 N–H and O–H groups in total. The number of nitro groups is 1. The molecule has 0 aliphatic rings. The van der Waals surface area contributed by atoms with E-state index in [-0.39, 0.29) is 5.69 Å². The fourth-order valence-corrected chi connectivity index (χ4v) is 1.87. The van der Waals surface area contributed by atoms with Crippen LogP contribution in [0.3, 0.4) is 0 Å². The quantitative estimate of drug-likeness (QED) is 0.663. The van der Waals surface area contributed by atoms with Crippen molar-refractivity contribution in [2.45, 2.75) is 6.92 Å². The van der Waals surface area contributed by atoms with Crippen LogP contribution >= 0.6 is 11.6 Å². The maximum absolute atomic E-state index is 10.9. The van der Waals surface area contributed by atoms with Crippen LogP contribution in [0.15, 0.2) is 30.3 Å². The molecule has 1 aromatic carbocycles. The Bertz CT molecular complexity index is 661. The third kappa shape index (κ3) is 2.97. The minimum absolute atomic E-state index is 0.0356. The molecular formula is C13H13ClN4O2. The van der Waals surface area contributed by atoms with E-state index in [4.69, 9.17) is 11.6 Å². The summed E-state index contributed by atoms with van der Waals surface area (Å²) in [6.45, 7) is 1.86. The summed E-state index contributed by atoms with van der Waals surface area (Å²) >= 11 is 6.04. The van der Waals surface area contributed by atoms with E-state index >= 15 is 0 Å². The number of nitrogens with one attached hydrogen (secondary N) is 2. The lowest BCUT2D eigenvalue weighted by atomic mass is 10.2. The maximum Gasteiger partial charge on any atom is 0.276 e. The lowest BCUT2D eigenvalue weighted by Gasteiger charge is -2.11. The Balaban J connectivity index is 2.40. The van der Waals surface area contributed by atoms with Crippen LogP contribution in [0.2, 0.25) is 5.02 Å². The zero-order chi connectivity index (χ0) is 14.7. The van der Waals surface area contributed by atoms with E-state index in [2.05, 4.69) is 15.6 Å². The van der Waals surface area contributed by atoms with E-state index in [0.717, 1.165) is 11.3 Å². The fraction of sp³-hybridized carbons (Fsp3) is 0.154. The lowest BCUT2D eigenvalue weighted by molar-refractivity contribution is -0.384. The number of anilines is 3. The van der Waals surface area contributed by atoms with Crippen molar-refractivity contribution in [3.8, 4) is 0 Å². The third-order valence-corrected chi connectivity index (χ3v) is 3.22. The number of benzene rings is 1. The highest BCUT2D eigenvalue weighted by molar-refractivity contribution is 6.31. The van der Waals surface area contributed by atoms with Gasteiger partial charge in [0.25, 0.3) is 5.69 Å². The summed E-state index contributed by atoms with van der Waals surface area (Å²) in [6.07, 6.45) is 0. The van der Waals surface area contributed by atoms with Gasteiger partial charge in [0.2, 0.25) is 0 Å². The molecule has 104 valence electrons. The van der Waals surface area contributed by atoms with Gasteiger partial charge in [-0.2, -0.15) is 0 Å². The summed E-state index contributed by atoms with van der Waals surface area (Å²) < 4.78 is 0. The minimum atomic E-state index is -0.460. The van der Waals surface area contributed by atoms with Crippen molar-refractivity contribution in [2.24, 2.45) is 0 Å². The van der Waals surface area contributed by atoms with Gasteiger partial charge in [-0.3, -0.25) is 10.1 Å². The molecule has 0 radical (unpaired) electrons. The van der Waals surface area contributed by atoms with Crippen LogP contribution in [-0.4, -0.2) is 17.0 Å². The molecule has 0 aliphatic heterocycles. The summed E-state index contributed by atoms with van der Waals surface area (Å²) in [4.78, 5) is 14.7. The predicted molar refractivity (Wildman–Crippen MR) is 79.9 cm³/mol. The molecule has 20 heavy (non-hydrogen) atoms. The first-order valence-corrected chi connectivity index (χ1v) is 6.25. The van der Waals surface area contributed by atoms with Crippen molar-refractivity contribution in [3.63, 3.8) is 0 Å². The van der Waals surface area contributed by atoms with Crippen LogP contribution in [0.4, 0.5) is 23.0 Å². The van der Waals surface area contributed by atoms with Gasteiger partial charge < -0.3 is 10.6 Å². The van der Waals surface area contributed by atoms with Gasteiger partial charge in [0, 0.05) is 17.8 Å². The Kier molecular flexibility index (Phi) is 4.05. The van der Waals surface area contributed by atoms with E-state index in [1.54, 1.807) is 19.2 Å². The van der Waals surface area contributed by atoms with E-state index in [9.17, 15) is 10.1 Å². The first-order chi connectivity index (χ1) is 9.51. The van der Waals surface area contributed by atoms with Crippen molar-refractivity contribution in [3.05, 3.63) is 51.0 Å². The average Bonchev–Trinajstić information content (AvgIpc) is 2.43. The number of pyridine rings is 1. The number of hydrogen-bond donors (Lipinski definition) is 2. The largest absolute Gasteiger partial charge is 0.373 e. The number of halogens is 1. The Hall–Kier alpha value is -2.34. The van der Waals surface area contributed by atoms with Crippen LogP contribution < -0.4 is 10.6 Å². The molecule has 0 bridgehead atoms. The first kappa shape index (κ1) is 14.1. The van der Waals surface area contributed by atoms with E-state index in [0.29, 0.717) is 16.7 Å². The molecule has 1 aromatic heterocycles. The molecule has 2 aromatic rings. The van der Waals surface area contributed by atoms with Gasteiger partial charge in [-0.15, -0.1) is 0 Å². The summed E-state index contributed by atoms with van der Waals surface area (Å²) in [6, 6.07) is 8.16. The van der Waals surface area contributed by atoms with Crippen molar-refractivity contribution in [1.82, 2.24) is 4.98 Å². The van der Waals surface area contributed by atoms with Crippen LogP contribution in [0.25, 0.3) is 0 Å². The summed E-state index contributed by atoms with van der Waals surface area (Å²) in [5.74, 6) is 0.801. The normalized spacial score (nSPS) is 10.2. The third-order valence-electron chi connectivity index (χ3n) is 2.81. The van der Waals surface area contributed by atoms with Gasteiger partial charge in [-0.05, 0) is 24.6 Å². The zero-order valence-electron chi connectivity index (χ0n) is 11.0. The number of rotatable bonds is 4. The van der Waals surface area contributed by atoms with E-state index in [1.165, 1.54) is 12.1 Å². The SMILES string of the molecule is CNc1cc([N+](=O)[O-])cc(Nc2cccc(Cl)c2C)n1. The van der Waals surface area contributed by atoms with Gasteiger partial charge in [0.15, 0.2) is 0 Å². The van der Waals surface area contributed by atoms with Crippen LogP contribution in [0.5, 0.6) is 0 Å². The standard InChI is InChI=1S/C13H13ClN4O2/c1-8-10(14)4-3-5-11(8)16-13-7-9(18(19)20)6-12(15-2)17-13/h3-7H,1-2H3,(H2,15,16,17). The van der Waals surface area contributed by atoms with Gasteiger partial charge in [0.05, 0.1) is 17.1 Å². The van der Waals surface area contributed by atoms with Crippen molar-refractivity contribution >= 4 is 34.6 Å². The highest BCUT2D eigenvalue weighted by Crippen LogP contribution is 2.27. The highest BCUT2D eigenvalue weighted by atomic mass is 35.5. The minimum Gasteiger partial charge on any atom is -0.373 e. The average molecular weight is 293 g/mol. The van der Waals surface area contributed by atoms with Gasteiger partial charge in [0.1, 0.15) is 11.6 Å². The monoisotopic (exact) mass is 292 g/mol. The topological polar surface area (TPSA) is 80.1 Å². The first-order valence-electron chi connectivity index (χ1n) is 5.87. The highest BCUT2D eigenvalue weighted by Gasteiger charge is 2.11. The smallest absolute Gasteiger partial charge is 0.276 e. The number of nitrogens with zero attached hydrogens (tertiary/aromatic N) is 2. The molecule has 0 saturated heterocycles. The van der Waals surface area contributed by atoms with E-state index < -0.39 is 4.92 Å². The van der Waals surface area contributed by atoms with Crippen LogP contribution in [-0.2, 0) is 0 Å². The number of aromatic nitrogens is 1. The Morgan fingerprint density at radius 1 is 1.30 bits per heavy atom. The van der Waals surface area contributed by atoms with Crippen molar-refractivity contribution in [1.29, 1.82) is 0 Å². The summed E-state index contributed by atoms with van der Waals surface area (Å²) in [5, 5.41) is 17.4. The van der Waals surface area contributed by atoms with Gasteiger partial charge in [-0.1, -0.05) is 17.7 Å². The van der Waals surface area contributed by atoms with Crippen molar-refractivity contribution in [2.75, 3.05) is 17.7 Å². The van der Waals surface area contributed by atoms with Gasteiger partial charge >= 0.3 is 0 Å². The summed E-state index contributed by atoms with van der Waals surface area (Å²) in [7, 11) is 1.65. The molecule has 0 atom stereocenters. The van der Waals surface area contributed by atoms with Crippen LogP contribution in [0, 0.1) is 17.0 Å².